The van der Waals surface area contributed by atoms with Gasteiger partial charge in [-0.1, -0.05) is 6.07 Å². The molecule has 0 aromatic heterocycles. The summed E-state index contributed by atoms with van der Waals surface area (Å²) in [6.45, 7) is 7.66. The first-order valence-corrected chi connectivity index (χ1v) is 18.2. The monoisotopic (exact) mass is 711 g/mol. The molecular formula is C40H49N5O7. The normalized spacial score (nSPS) is 18.5. The van der Waals surface area contributed by atoms with E-state index in [-0.39, 0.29) is 23.6 Å². The number of amides is 5. The molecule has 3 N–H and O–H groups in total. The van der Waals surface area contributed by atoms with Gasteiger partial charge >= 0.3 is 6.03 Å². The van der Waals surface area contributed by atoms with Gasteiger partial charge in [-0.25, -0.2) is 4.79 Å². The van der Waals surface area contributed by atoms with Crippen molar-refractivity contribution in [2.24, 2.45) is 11.7 Å². The van der Waals surface area contributed by atoms with Crippen LogP contribution in [0.3, 0.4) is 0 Å². The predicted molar refractivity (Wildman–Crippen MR) is 197 cm³/mol. The maximum atomic E-state index is 13.8. The van der Waals surface area contributed by atoms with Gasteiger partial charge in [0.05, 0.1) is 26.2 Å². The SMILES string of the molecule is COc1ccc2cc1-c1cc3c(c(c1)OCCCCN(C(=O)C1CCCN(C(N)=O)C1)CCCNC2=O)OCCN(C(=O)c1ccc(C)c(C)c1)C3. The molecule has 0 saturated carbocycles. The van der Waals surface area contributed by atoms with Gasteiger partial charge in [-0.2, -0.15) is 0 Å². The van der Waals surface area contributed by atoms with E-state index in [9.17, 15) is 19.2 Å². The molecule has 6 rings (SSSR count). The quantitative estimate of drug-likeness (QED) is 0.393. The molecule has 0 radical (unpaired) electrons. The molecule has 3 aliphatic rings. The molecule has 1 saturated heterocycles. The zero-order valence-corrected chi connectivity index (χ0v) is 30.4. The minimum absolute atomic E-state index is 0.00206. The number of nitrogens with zero attached hydrogens (tertiary/aromatic N) is 3. The summed E-state index contributed by atoms with van der Waals surface area (Å²) in [5, 5.41) is 3.01. The van der Waals surface area contributed by atoms with Crippen molar-refractivity contribution in [2.45, 2.75) is 52.5 Å². The molecule has 3 heterocycles. The Bertz CT molecular complexity index is 1830. The van der Waals surface area contributed by atoms with Crippen LogP contribution in [0.2, 0.25) is 0 Å². The number of carbonyl (C=O) groups is 4. The number of likely N-dealkylation sites (tertiary alicyclic amines) is 1. The summed E-state index contributed by atoms with van der Waals surface area (Å²) in [6.07, 6.45) is 3.37. The minimum atomic E-state index is -0.505. The van der Waals surface area contributed by atoms with E-state index in [1.807, 2.05) is 49.1 Å². The van der Waals surface area contributed by atoms with E-state index in [0.717, 1.165) is 28.7 Å². The van der Waals surface area contributed by atoms with Gasteiger partial charge in [0.25, 0.3) is 11.8 Å². The molecule has 1 atom stereocenters. The average Bonchev–Trinajstić information content (AvgIpc) is 3.38. The maximum Gasteiger partial charge on any atom is 0.314 e. The molecule has 3 aliphatic heterocycles. The second-order valence-corrected chi connectivity index (χ2v) is 13.9. The number of fused-ring (bicyclic) bond motifs is 7. The predicted octanol–water partition coefficient (Wildman–Crippen LogP) is 4.93. The number of piperidine rings is 1. The van der Waals surface area contributed by atoms with E-state index in [1.165, 1.54) is 0 Å². The molecule has 0 aliphatic carbocycles. The van der Waals surface area contributed by atoms with Gasteiger partial charge in [0.15, 0.2) is 11.5 Å². The molecule has 3 aromatic carbocycles. The third kappa shape index (κ3) is 8.27. The Morgan fingerprint density at radius 3 is 2.42 bits per heavy atom. The number of hydrogen-bond donors (Lipinski definition) is 2. The number of aryl methyl sites for hydroxylation is 2. The summed E-state index contributed by atoms with van der Waals surface area (Å²) in [5.41, 5.74) is 11.1. The van der Waals surface area contributed by atoms with Crippen LogP contribution >= 0.6 is 0 Å². The number of nitrogens with two attached hydrogens (primary N) is 1. The zero-order valence-electron chi connectivity index (χ0n) is 30.4. The number of ether oxygens (including phenoxy) is 3. The van der Waals surface area contributed by atoms with Crippen LogP contribution < -0.4 is 25.3 Å². The lowest BCUT2D eigenvalue weighted by Gasteiger charge is -2.34. The van der Waals surface area contributed by atoms with E-state index < -0.39 is 6.03 Å². The molecule has 12 heteroatoms. The van der Waals surface area contributed by atoms with E-state index in [2.05, 4.69) is 5.32 Å². The van der Waals surface area contributed by atoms with E-state index in [4.69, 9.17) is 19.9 Å². The van der Waals surface area contributed by atoms with Gasteiger partial charge in [-0.3, -0.25) is 14.4 Å². The minimum Gasteiger partial charge on any atom is -0.496 e. The number of methoxy groups -OCH3 is 1. The second-order valence-electron chi connectivity index (χ2n) is 13.9. The summed E-state index contributed by atoms with van der Waals surface area (Å²) >= 11 is 0. The molecule has 4 bridgehead atoms. The van der Waals surface area contributed by atoms with Crippen molar-refractivity contribution in [3.63, 3.8) is 0 Å². The highest BCUT2D eigenvalue weighted by Gasteiger charge is 2.31. The Kier molecular flexibility index (Phi) is 11.5. The molecule has 276 valence electrons. The number of benzene rings is 3. The Morgan fingerprint density at radius 1 is 0.827 bits per heavy atom. The lowest BCUT2D eigenvalue weighted by atomic mass is 9.96. The molecule has 1 unspecified atom stereocenters. The number of urea groups is 1. The fraction of sp³-hybridized carbons (Fsp3) is 0.450. The van der Waals surface area contributed by atoms with Crippen LogP contribution in [0.15, 0.2) is 48.5 Å². The number of rotatable bonds is 3. The van der Waals surface area contributed by atoms with Gasteiger partial charge < -0.3 is 40.0 Å². The molecule has 52 heavy (non-hydrogen) atoms. The van der Waals surface area contributed by atoms with Gasteiger partial charge in [-0.15, -0.1) is 0 Å². The Morgan fingerprint density at radius 2 is 1.63 bits per heavy atom. The number of hydrogen-bond acceptors (Lipinski definition) is 7. The highest BCUT2D eigenvalue weighted by Crippen LogP contribution is 2.41. The van der Waals surface area contributed by atoms with Crippen LogP contribution in [0.1, 0.15) is 69.5 Å². The topological polar surface area (TPSA) is 144 Å². The highest BCUT2D eigenvalue weighted by molar-refractivity contribution is 5.96. The summed E-state index contributed by atoms with van der Waals surface area (Å²) < 4.78 is 18.5. The number of carbonyl (C=O) groups excluding carboxylic acids is 4. The molecule has 12 nitrogen and oxygen atoms in total. The van der Waals surface area contributed by atoms with Crippen molar-refractivity contribution in [1.82, 2.24) is 20.0 Å². The Labute approximate surface area is 305 Å². The number of nitrogens with one attached hydrogen (secondary N) is 1. The Hall–Kier alpha value is -5.26. The van der Waals surface area contributed by atoms with Crippen molar-refractivity contribution in [3.05, 3.63) is 76.3 Å². The average molecular weight is 712 g/mol. The summed E-state index contributed by atoms with van der Waals surface area (Å²) in [6, 6.07) is 14.4. The number of primary amides is 1. The van der Waals surface area contributed by atoms with Gasteiger partial charge in [0, 0.05) is 61.5 Å². The van der Waals surface area contributed by atoms with Crippen molar-refractivity contribution < 1.29 is 33.4 Å². The first-order chi connectivity index (χ1) is 25.1. The lowest BCUT2D eigenvalue weighted by molar-refractivity contribution is -0.137. The molecule has 1 fully saturated rings. The maximum absolute atomic E-state index is 13.8. The van der Waals surface area contributed by atoms with Crippen molar-refractivity contribution in [1.29, 1.82) is 0 Å². The van der Waals surface area contributed by atoms with Crippen molar-refractivity contribution >= 4 is 23.8 Å². The van der Waals surface area contributed by atoms with Crippen LogP contribution in [0.5, 0.6) is 17.2 Å². The highest BCUT2D eigenvalue weighted by atomic mass is 16.5. The zero-order chi connectivity index (χ0) is 36.8. The molecule has 0 spiro atoms. The fourth-order valence-corrected chi connectivity index (χ4v) is 7.18. The molecular weight excluding hydrogens is 662 g/mol. The first kappa shape index (κ1) is 36.5. The first-order valence-electron chi connectivity index (χ1n) is 18.2. The summed E-state index contributed by atoms with van der Waals surface area (Å²) in [5.74, 6) is 1.08. The van der Waals surface area contributed by atoms with Gasteiger partial charge in [0.2, 0.25) is 5.91 Å². The molecule has 3 aromatic rings. The lowest BCUT2D eigenvalue weighted by Crippen LogP contribution is -2.48. The van der Waals surface area contributed by atoms with E-state index in [1.54, 1.807) is 35.1 Å². The van der Waals surface area contributed by atoms with Crippen LogP contribution in [-0.4, -0.2) is 98.0 Å². The van der Waals surface area contributed by atoms with Gasteiger partial charge in [-0.05, 0) is 105 Å². The van der Waals surface area contributed by atoms with Crippen LogP contribution in [0.4, 0.5) is 4.79 Å². The summed E-state index contributed by atoms with van der Waals surface area (Å²) in [7, 11) is 1.59. The van der Waals surface area contributed by atoms with Crippen LogP contribution in [0, 0.1) is 19.8 Å². The van der Waals surface area contributed by atoms with E-state index in [0.29, 0.717) is 119 Å². The van der Waals surface area contributed by atoms with Crippen LogP contribution in [-0.2, 0) is 11.3 Å². The Balaban J connectivity index is 1.29. The van der Waals surface area contributed by atoms with Gasteiger partial charge in [0.1, 0.15) is 12.4 Å². The third-order valence-electron chi connectivity index (χ3n) is 10.3. The van der Waals surface area contributed by atoms with Crippen molar-refractivity contribution in [2.75, 3.05) is 59.6 Å². The second kappa shape index (κ2) is 16.4. The molecule has 5 amide bonds. The van der Waals surface area contributed by atoms with Crippen LogP contribution in [0.25, 0.3) is 11.1 Å². The summed E-state index contributed by atoms with van der Waals surface area (Å²) in [4.78, 5) is 58.0. The largest absolute Gasteiger partial charge is 0.496 e. The smallest absolute Gasteiger partial charge is 0.314 e. The fourth-order valence-electron chi connectivity index (χ4n) is 7.18. The van der Waals surface area contributed by atoms with E-state index >= 15 is 0 Å². The standard InChI is InChI=1S/C40H49N5O7/c1-26-9-10-29(20-27(26)2)38(47)44-17-19-52-36-32(25-44)21-31-23-35(36)51-18-5-4-14-43(39(48)30-8-6-15-45(24-30)40(41)49)16-7-13-42-37(46)28-11-12-34(50-3)33(31)22-28/h9-12,20-23,30H,4-8,13-19,24-25H2,1-3H3,(H2,41,49)(H,42,46). The third-order valence-corrected chi connectivity index (χ3v) is 10.3. The van der Waals surface area contributed by atoms with Crippen molar-refractivity contribution in [3.8, 4) is 28.4 Å².